The van der Waals surface area contributed by atoms with Gasteiger partial charge in [0, 0.05) is 11.7 Å². The van der Waals surface area contributed by atoms with Gasteiger partial charge in [-0.05, 0) is 27.2 Å². The third kappa shape index (κ3) is 3.46. The summed E-state index contributed by atoms with van der Waals surface area (Å²) >= 11 is 0. The number of nitrogen functional groups attached to an aromatic ring is 1. The van der Waals surface area contributed by atoms with Gasteiger partial charge in [-0.1, -0.05) is 6.92 Å². The van der Waals surface area contributed by atoms with Crippen LogP contribution < -0.4 is 16.8 Å². The lowest BCUT2D eigenvalue weighted by Crippen LogP contribution is -2.45. The minimum atomic E-state index is -0.710. The third-order valence-electron chi connectivity index (χ3n) is 3.12. The van der Waals surface area contributed by atoms with Crippen LogP contribution >= 0.6 is 0 Å². The number of hydrogen-bond acceptors (Lipinski definition) is 4. The van der Waals surface area contributed by atoms with Crippen molar-refractivity contribution in [1.82, 2.24) is 15.1 Å². The van der Waals surface area contributed by atoms with E-state index >= 15 is 0 Å². The Bertz CT molecular complexity index is 492. The van der Waals surface area contributed by atoms with Gasteiger partial charge in [0.2, 0.25) is 5.91 Å². The summed E-state index contributed by atoms with van der Waals surface area (Å²) in [6.45, 7) is 7.54. The molecule has 0 aliphatic carbocycles. The molecule has 5 N–H and O–H groups in total. The van der Waals surface area contributed by atoms with Crippen LogP contribution in [0.5, 0.6) is 0 Å². The largest absolute Gasteiger partial charge is 0.396 e. The fraction of sp³-hybridized carbons (Fsp3) is 0.583. The van der Waals surface area contributed by atoms with Gasteiger partial charge in [0.05, 0.1) is 5.69 Å². The van der Waals surface area contributed by atoms with Crippen molar-refractivity contribution in [3.8, 4) is 0 Å². The van der Waals surface area contributed by atoms with E-state index in [0.717, 1.165) is 6.42 Å². The van der Waals surface area contributed by atoms with Gasteiger partial charge in [-0.2, -0.15) is 5.10 Å². The molecule has 0 aliphatic rings. The van der Waals surface area contributed by atoms with Crippen LogP contribution in [0.4, 0.5) is 5.69 Å². The lowest BCUT2D eigenvalue weighted by atomic mass is 10.0. The van der Waals surface area contributed by atoms with Gasteiger partial charge < -0.3 is 16.8 Å². The summed E-state index contributed by atoms with van der Waals surface area (Å²) in [5, 5.41) is 6.85. The van der Waals surface area contributed by atoms with Crippen molar-refractivity contribution in [2.45, 2.75) is 45.7 Å². The predicted octanol–water partition coefficient (Wildman–Crippen LogP) is 0.430. The van der Waals surface area contributed by atoms with Crippen LogP contribution in [0.15, 0.2) is 6.20 Å². The Morgan fingerprint density at radius 3 is 2.53 bits per heavy atom. The van der Waals surface area contributed by atoms with Crippen LogP contribution in [0.25, 0.3) is 0 Å². The lowest BCUT2D eigenvalue weighted by Gasteiger charge is -2.26. The van der Waals surface area contributed by atoms with Gasteiger partial charge in [0.1, 0.15) is 6.04 Å². The Balaban J connectivity index is 2.89. The average molecular weight is 267 g/mol. The number of amides is 2. The number of anilines is 1. The molecule has 7 nitrogen and oxygen atoms in total. The van der Waals surface area contributed by atoms with Crippen LogP contribution in [0, 0.1) is 0 Å². The quantitative estimate of drug-likeness (QED) is 0.717. The normalized spacial score (nSPS) is 13.1. The molecule has 0 bridgehead atoms. The first-order valence-electron chi connectivity index (χ1n) is 6.14. The van der Waals surface area contributed by atoms with E-state index in [9.17, 15) is 9.59 Å². The number of rotatable bonds is 5. The topological polar surface area (TPSA) is 116 Å². The van der Waals surface area contributed by atoms with Crippen LogP contribution in [0.3, 0.4) is 0 Å². The molecule has 7 heteroatoms. The van der Waals surface area contributed by atoms with Crippen molar-refractivity contribution in [1.29, 1.82) is 0 Å². The van der Waals surface area contributed by atoms with E-state index in [1.54, 1.807) is 6.92 Å². The van der Waals surface area contributed by atoms with Crippen molar-refractivity contribution >= 4 is 17.5 Å². The molecule has 2 amide bonds. The zero-order chi connectivity index (χ0) is 14.8. The summed E-state index contributed by atoms with van der Waals surface area (Å²) in [7, 11) is 0. The molecule has 1 atom stereocenters. The summed E-state index contributed by atoms with van der Waals surface area (Å²) < 4.78 is 1.34. The molecule has 0 spiro atoms. The van der Waals surface area contributed by atoms with Crippen LogP contribution in [0.2, 0.25) is 0 Å². The number of primary amides is 1. The van der Waals surface area contributed by atoms with E-state index < -0.39 is 11.9 Å². The standard InChI is InChI=1S/C12H21N5O2/c1-5-12(3,4)15-11(19)7(2)17-6-8(13)9(16-17)10(14)18/h6-7H,5,13H2,1-4H3,(H2,14,18)(H,15,19). The zero-order valence-corrected chi connectivity index (χ0v) is 11.7. The first kappa shape index (κ1) is 15.0. The maximum absolute atomic E-state index is 12.1. The SMILES string of the molecule is CCC(C)(C)NC(=O)C(C)n1cc(N)c(C(N)=O)n1. The van der Waals surface area contributed by atoms with Gasteiger partial charge >= 0.3 is 0 Å². The molecule has 0 fully saturated rings. The van der Waals surface area contributed by atoms with Crippen molar-refractivity contribution in [2.75, 3.05) is 5.73 Å². The fourth-order valence-corrected chi connectivity index (χ4v) is 1.44. The molecule has 0 saturated carbocycles. The number of carbonyl (C=O) groups is 2. The number of nitrogens with zero attached hydrogens (tertiary/aromatic N) is 2. The summed E-state index contributed by atoms with van der Waals surface area (Å²) in [5.41, 5.74) is 10.6. The summed E-state index contributed by atoms with van der Waals surface area (Å²) in [4.78, 5) is 23.1. The lowest BCUT2D eigenvalue weighted by molar-refractivity contribution is -0.125. The average Bonchev–Trinajstić information content (AvgIpc) is 2.69. The second-order valence-corrected chi connectivity index (χ2v) is 5.18. The third-order valence-corrected chi connectivity index (χ3v) is 3.12. The Morgan fingerprint density at radius 1 is 1.53 bits per heavy atom. The first-order valence-corrected chi connectivity index (χ1v) is 6.14. The highest BCUT2D eigenvalue weighted by molar-refractivity contribution is 5.95. The summed E-state index contributed by atoms with van der Waals surface area (Å²) in [6, 6.07) is -0.568. The van der Waals surface area contributed by atoms with Gasteiger partial charge in [0.25, 0.3) is 5.91 Å². The minimum Gasteiger partial charge on any atom is -0.396 e. The summed E-state index contributed by atoms with van der Waals surface area (Å²) in [6.07, 6.45) is 2.24. The second-order valence-electron chi connectivity index (χ2n) is 5.18. The van der Waals surface area contributed by atoms with E-state index in [1.807, 2.05) is 20.8 Å². The van der Waals surface area contributed by atoms with Crippen molar-refractivity contribution < 1.29 is 9.59 Å². The highest BCUT2D eigenvalue weighted by Gasteiger charge is 2.24. The molecule has 0 aliphatic heterocycles. The molecule has 1 aromatic heterocycles. The maximum Gasteiger partial charge on any atom is 0.271 e. The molecule has 106 valence electrons. The van der Waals surface area contributed by atoms with Crippen molar-refractivity contribution in [2.24, 2.45) is 5.73 Å². The minimum absolute atomic E-state index is 0.0191. The molecule has 19 heavy (non-hydrogen) atoms. The number of carbonyl (C=O) groups excluding carboxylic acids is 2. The van der Waals surface area contributed by atoms with E-state index in [0.29, 0.717) is 0 Å². The molecular formula is C12H21N5O2. The molecule has 0 saturated heterocycles. The van der Waals surface area contributed by atoms with Crippen LogP contribution in [0.1, 0.15) is 50.6 Å². The Kier molecular flexibility index (Phi) is 4.18. The first-order chi connectivity index (χ1) is 8.68. The second kappa shape index (κ2) is 5.29. The van der Waals surface area contributed by atoms with Crippen LogP contribution in [-0.2, 0) is 4.79 Å². The fourth-order valence-electron chi connectivity index (χ4n) is 1.44. The van der Waals surface area contributed by atoms with Crippen molar-refractivity contribution in [3.05, 3.63) is 11.9 Å². The van der Waals surface area contributed by atoms with Gasteiger partial charge in [0.15, 0.2) is 5.69 Å². The highest BCUT2D eigenvalue weighted by atomic mass is 16.2. The molecule has 0 aromatic carbocycles. The zero-order valence-electron chi connectivity index (χ0n) is 11.7. The van der Waals surface area contributed by atoms with Gasteiger partial charge in [-0.25, -0.2) is 0 Å². The number of nitrogens with one attached hydrogen (secondary N) is 1. The molecule has 1 heterocycles. The van der Waals surface area contributed by atoms with E-state index in [-0.39, 0.29) is 22.8 Å². The molecule has 0 radical (unpaired) electrons. The van der Waals surface area contributed by atoms with Gasteiger partial charge in [-0.3, -0.25) is 14.3 Å². The van der Waals surface area contributed by atoms with Gasteiger partial charge in [-0.15, -0.1) is 0 Å². The Morgan fingerprint density at radius 2 is 2.11 bits per heavy atom. The maximum atomic E-state index is 12.1. The van der Waals surface area contributed by atoms with Crippen molar-refractivity contribution in [3.63, 3.8) is 0 Å². The monoisotopic (exact) mass is 267 g/mol. The van der Waals surface area contributed by atoms with E-state index in [4.69, 9.17) is 11.5 Å². The summed E-state index contributed by atoms with van der Waals surface area (Å²) in [5.74, 6) is -0.900. The molecule has 1 aromatic rings. The smallest absolute Gasteiger partial charge is 0.271 e. The number of hydrogen-bond donors (Lipinski definition) is 3. The highest BCUT2D eigenvalue weighted by Crippen LogP contribution is 2.15. The predicted molar refractivity (Wildman–Crippen MR) is 72.4 cm³/mol. The molecule has 1 unspecified atom stereocenters. The number of nitrogens with two attached hydrogens (primary N) is 2. The molecular weight excluding hydrogens is 246 g/mol. The molecule has 1 rings (SSSR count). The Hall–Kier alpha value is -2.05. The Labute approximate surface area is 112 Å². The van der Waals surface area contributed by atoms with E-state index in [2.05, 4.69) is 10.4 Å². The van der Waals surface area contributed by atoms with Crippen LogP contribution in [-0.4, -0.2) is 27.1 Å². The number of aromatic nitrogens is 2. The van der Waals surface area contributed by atoms with E-state index in [1.165, 1.54) is 10.9 Å².